The summed E-state index contributed by atoms with van der Waals surface area (Å²) in [5.74, 6) is -2.10. The fourth-order valence-electron chi connectivity index (χ4n) is 4.28. The lowest BCUT2D eigenvalue weighted by Gasteiger charge is -2.38. The Hall–Kier alpha value is -2.36. The number of amides is 2. The number of ether oxygens (including phenoxy) is 5. The van der Waals surface area contributed by atoms with E-state index in [9.17, 15) is 34.5 Å². The first-order valence-electron chi connectivity index (χ1n) is 12.9. The molecule has 5 unspecified atom stereocenters. The van der Waals surface area contributed by atoms with E-state index in [0.717, 1.165) is 0 Å². The van der Waals surface area contributed by atoms with Crippen molar-refractivity contribution in [3.63, 3.8) is 0 Å². The summed E-state index contributed by atoms with van der Waals surface area (Å²) in [6, 6.07) is -1.79. The van der Waals surface area contributed by atoms with Crippen molar-refractivity contribution in [1.29, 1.82) is 0 Å². The number of likely N-dealkylation sites (tertiary alicyclic amines) is 1. The molecule has 0 saturated carbocycles. The van der Waals surface area contributed by atoms with Crippen molar-refractivity contribution in [3.05, 3.63) is 0 Å². The van der Waals surface area contributed by atoms with Gasteiger partial charge >= 0.3 is 11.9 Å². The van der Waals surface area contributed by atoms with Crippen molar-refractivity contribution in [2.45, 2.75) is 89.2 Å². The van der Waals surface area contributed by atoms with Crippen LogP contribution in [-0.4, -0.2) is 126 Å². The first-order valence-corrected chi connectivity index (χ1v) is 12.9. The molecule has 0 bridgehead atoms. The van der Waals surface area contributed by atoms with Crippen molar-refractivity contribution >= 4 is 23.8 Å². The molecule has 2 saturated heterocycles. The van der Waals surface area contributed by atoms with Crippen LogP contribution < -0.4 is 5.32 Å². The molecule has 0 spiro atoms. The van der Waals surface area contributed by atoms with Crippen molar-refractivity contribution in [2.75, 3.05) is 39.6 Å². The van der Waals surface area contributed by atoms with Gasteiger partial charge in [0.15, 0.2) is 6.29 Å². The van der Waals surface area contributed by atoms with Gasteiger partial charge in [-0.05, 0) is 33.6 Å². The molecule has 4 N–H and O–H groups in total. The summed E-state index contributed by atoms with van der Waals surface area (Å²) < 4.78 is 26.1. The molecule has 2 fully saturated rings. The van der Waals surface area contributed by atoms with Crippen molar-refractivity contribution in [2.24, 2.45) is 0 Å². The van der Waals surface area contributed by atoms with Gasteiger partial charge in [0, 0.05) is 19.4 Å². The summed E-state index contributed by atoms with van der Waals surface area (Å²) in [5, 5.41) is 32.0. The van der Waals surface area contributed by atoms with Crippen LogP contribution in [0.3, 0.4) is 0 Å². The van der Waals surface area contributed by atoms with Crippen LogP contribution in [0.1, 0.15) is 46.5 Å². The molecule has 0 radical (unpaired) electrons. The van der Waals surface area contributed by atoms with Gasteiger partial charge in [-0.2, -0.15) is 0 Å². The van der Waals surface area contributed by atoms with E-state index in [1.807, 2.05) is 0 Å². The van der Waals surface area contributed by atoms with Gasteiger partial charge in [-0.25, -0.2) is 9.59 Å². The maximum atomic E-state index is 12.9. The Balaban J connectivity index is 1.68. The van der Waals surface area contributed by atoms with E-state index < -0.39 is 66.5 Å². The Bertz CT molecular complexity index is 770. The van der Waals surface area contributed by atoms with Crippen molar-refractivity contribution in [1.82, 2.24) is 10.2 Å². The number of hydrogen-bond donors (Lipinski definition) is 4. The lowest BCUT2D eigenvalue weighted by Crippen LogP contribution is -2.57. The monoisotopic (exact) mass is 548 g/mol. The fourth-order valence-corrected chi connectivity index (χ4v) is 4.28. The molecule has 0 aromatic heterocycles. The van der Waals surface area contributed by atoms with Crippen LogP contribution >= 0.6 is 0 Å². The number of carbonyl (C=O) groups is 4. The van der Waals surface area contributed by atoms with Gasteiger partial charge in [0.05, 0.1) is 39.1 Å². The molecule has 2 aliphatic heterocycles. The van der Waals surface area contributed by atoms with E-state index >= 15 is 0 Å². The SMILES string of the molecule is CCOC(=O)C1CCC(C(=O)OCC)N1C(=O)CCC(=O)NCCOCCO[C@@H]1OC(C)[C@H](O)C(O)C1O. The van der Waals surface area contributed by atoms with Crippen LogP contribution in [0.25, 0.3) is 0 Å². The van der Waals surface area contributed by atoms with Crippen molar-refractivity contribution < 1.29 is 58.2 Å². The Kier molecular flexibility index (Phi) is 13.3. The summed E-state index contributed by atoms with van der Waals surface area (Å²) in [6.07, 6.45) is -5.61. The van der Waals surface area contributed by atoms with E-state index in [0.29, 0.717) is 0 Å². The Morgan fingerprint density at radius 3 is 2.05 bits per heavy atom. The average Bonchev–Trinajstić information content (AvgIpc) is 3.34. The van der Waals surface area contributed by atoms with Crippen molar-refractivity contribution in [3.8, 4) is 0 Å². The van der Waals surface area contributed by atoms with Gasteiger partial charge in [-0.15, -0.1) is 0 Å². The number of aliphatic hydroxyl groups is 3. The zero-order valence-corrected chi connectivity index (χ0v) is 22.1. The van der Waals surface area contributed by atoms with Gasteiger partial charge in [0.1, 0.15) is 30.4 Å². The van der Waals surface area contributed by atoms with Gasteiger partial charge in [-0.3, -0.25) is 9.59 Å². The number of esters is 2. The minimum Gasteiger partial charge on any atom is -0.464 e. The van der Waals surface area contributed by atoms with Crippen LogP contribution in [-0.2, 0) is 42.9 Å². The predicted molar refractivity (Wildman–Crippen MR) is 128 cm³/mol. The predicted octanol–water partition coefficient (Wildman–Crippen LogP) is -1.77. The maximum Gasteiger partial charge on any atom is 0.328 e. The minimum atomic E-state index is -1.40. The third-order valence-corrected chi connectivity index (χ3v) is 6.24. The van der Waals surface area contributed by atoms with Crippen LogP contribution in [0.4, 0.5) is 0 Å². The highest BCUT2D eigenvalue weighted by molar-refractivity contribution is 5.92. The van der Waals surface area contributed by atoms with E-state index in [4.69, 9.17) is 23.7 Å². The highest BCUT2D eigenvalue weighted by Crippen LogP contribution is 2.27. The molecule has 0 aromatic carbocycles. The largest absolute Gasteiger partial charge is 0.464 e. The highest BCUT2D eigenvalue weighted by Gasteiger charge is 2.45. The molecule has 2 heterocycles. The second-order valence-electron chi connectivity index (χ2n) is 8.93. The fraction of sp³-hybridized carbons (Fsp3) is 0.833. The molecular weight excluding hydrogens is 508 g/mol. The summed E-state index contributed by atoms with van der Waals surface area (Å²) in [4.78, 5) is 50.9. The number of nitrogens with zero attached hydrogens (tertiary/aromatic N) is 1. The van der Waals surface area contributed by atoms with Gasteiger partial charge in [-0.1, -0.05) is 0 Å². The van der Waals surface area contributed by atoms with Crippen LogP contribution in [0.2, 0.25) is 0 Å². The van der Waals surface area contributed by atoms with E-state index in [-0.39, 0.29) is 65.3 Å². The molecule has 0 aliphatic carbocycles. The van der Waals surface area contributed by atoms with E-state index in [2.05, 4.69) is 5.32 Å². The third-order valence-electron chi connectivity index (χ3n) is 6.24. The first kappa shape index (κ1) is 31.9. The lowest BCUT2D eigenvalue weighted by molar-refractivity contribution is -0.294. The maximum absolute atomic E-state index is 12.9. The number of carbonyl (C=O) groups excluding carboxylic acids is 4. The number of aliphatic hydroxyl groups excluding tert-OH is 3. The minimum absolute atomic E-state index is 0.0405. The quantitative estimate of drug-likeness (QED) is 0.141. The molecule has 7 atom stereocenters. The normalized spacial score (nSPS) is 29.1. The van der Waals surface area contributed by atoms with Crippen LogP contribution in [0, 0.1) is 0 Å². The summed E-state index contributed by atoms with van der Waals surface area (Å²) in [7, 11) is 0. The summed E-state index contributed by atoms with van der Waals surface area (Å²) in [5.41, 5.74) is 0. The molecule has 2 amide bonds. The molecule has 0 aromatic rings. The number of rotatable bonds is 14. The molecule has 2 aliphatic rings. The third kappa shape index (κ3) is 8.85. The Labute approximate surface area is 221 Å². The second-order valence-corrected chi connectivity index (χ2v) is 8.93. The molecule has 2 rings (SSSR count). The number of nitrogens with one attached hydrogen (secondary N) is 1. The van der Waals surface area contributed by atoms with Crippen LogP contribution in [0.15, 0.2) is 0 Å². The molecule has 218 valence electrons. The number of hydrogen-bond acceptors (Lipinski definition) is 12. The zero-order chi connectivity index (χ0) is 28.2. The second kappa shape index (κ2) is 15.9. The van der Waals surface area contributed by atoms with E-state index in [1.54, 1.807) is 20.8 Å². The Morgan fingerprint density at radius 2 is 1.47 bits per heavy atom. The standard InChI is InChI=1S/C24H40N2O12/c1-4-35-22(32)15-6-7-16(23(33)36-5-2)26(15)18(28)9-8-17(27)25-10-11-34-12-13-37-24-21(31)20(30)19(29)14(3)38-24/h14-16,19-21,24,29-31H,4-13H2,1-3H3,(H,25,27)/t14?,15?,16?,19-,20?,21?,24+/m0/s1. The van der Waals surface area contributed by atoms with Gasteiger partial charge in [0.2, 0.25) is 11.8 Å². The molecule has 14 heteroatoms. The van der Waals surface area contributed by atoms with E-state index in [1.165, 1.54) is 4.90 Å². The van der Waals surface area contributed by atoms with Crippen LogP contribution in [0.5, 0.6) is 0 Å². The molecule has 14 nitrogen and oxygen atoms in total. The van der Waals surface area contributed by atoms with Gasteiger partial charge in [0.25, 0.3) is 0 Å². The Morgan fingerprint density at radius 1 is 0.868 bits per heavy atom. The summed E-state index contributed by atoms with van der Waals surface area (Å²) >= 11 is 0. The van der Waals surface area contributed by atoms with Gasteiger partial charge < -0.3 is 49.2 Å². The topological polar surface area (TPSA) is 190 Å². The lowest BCUT2D eigenvalue weighted by atomic mass is 10.0. The first-order chi connectivity index (χ1) is 18.1. The zero-order valence-electron chi connectivity index (χ0n) is 22.1. The average molecular weight is 549 g/mol. The summed E-state index contributed by atoms with van der Waals surface area (Å²) in [6.45, 7) is 5.60. The molecular formula is C24H40N2O12. The smallest absolute Gasteiger partial charge is 0.328 e. The molecule has 38 heavy (non-hydrogen) atoms. The highest BCUT2D eigenvalue weighted by atomic mass is 16.7.